The van der Waals surface area contributed by atoms with E-state index in [0.29, 0.717) is 29.7 Å². The quantitative estimate of drug-likeness (QED) is 0.699. The van der Waals surface area contributed by atoms with E-state index < -0.39 is 10.0 Å². The lowest BCUT2D eigenvalue weighted by Gasteiger charge is -2.30. The van der Waals surface area contributed by atoms with Gasteiger partial charge in [-0.25, -0.2) is 8.42 Å². The largest absolute Gasteiger partial charge is 0.339 e. The first-order valence-corrected chi connectivity index (χ1v) is 10.4. The Morgan fingerprint density at radius 1 is 1.16 bits per heavy atom. The van der Waals surface area contributed by atoms with Gasteiger partial charge in [0.1, 0.15) is 0 Å². The summed E-state index contributed by atoms with van der Waals surface area (Å²) in [5.74, 6) is 0.998. The molecule has 130 valence electrons. The Labute approximate surface area is 150 Å². The van der Waals surface area contributed by atoms with Crippen molar-refractivity contribution in [2.24, 2.45) is 0 Å². The van der Waals surface area contributed by atoms with Crippen LogP contribution in [0, 0.1) is 0 Å². The Morgan fingerprint density at radius 3 is 2.76 bits per heavy atom. The normalized spacial score (nSPS) is 19.1. The maximum absolute atomic E-state index is 12.8. The van der Waals surface area contributed by atoms with Gasteiger partial charge in [-0.15, -0.1) is 11.3 Å². The van der Waals surface area contributed by atoms with Gasteiger partial charge in [0.25, 0.3) is 0 Å². The Kier molecular flexibility index (Phi) is 4.41. The van der Waals surface area contributed by atoms with E-state index in [9.17, 15) is 8.42 Å². The molecule has 25 heavy (non-hydrogen) atoms. The molecule has 3 aromatic rings. The van der Waals surface area contributed by atoms with Gasteiger partial charge in [-0.1, -0.05) is 29.4 Å². The lowest BCUT2D eigenvalue weighted by atomic mass is 10.00. The van der Waals surface area contributed by atoms with Gasteiger partial charge in [-0.05, 0) is 36.4 Å². The topological polar surface area (TPSA) is 76.3 Å². The molecule has 1 unspecified atom stereocenters. The second kappa shape index (κ2) is 6.70. The molecule has 0 spiro atoms. The summed E-state index contributed by atoms with van der Waals surface area (Å²) in [6, 6.07) is 12.4. The van der Waals surface area contributed by atoms with E-state index >= 15 is 0 Å². The second-order valence-corrected chi connectivity index (χ2v) is 8.83. The Hall–Kier alpha value is -2.03. The summed E-state index contributed by atoms with van der Waals surface area (Å²) < 4.78 is 32.6. The van der Waals surface area contributed by atoms with E-state index in [-0.39, 0.29) is 5.92 Å². The molecule has 1 fully saturated rings. The zero-order valence-electron chi connectivity index (χ0n) is 13.4. The average Bonchev–Trinajstić information content (AvgIpc) is 3.34. The van der Waals surface area contributed by atoms with Crippen molar-refractivity contribution < 1.29 is 12.9 Å². The molecule has 8 heteroatoms. The van der Waals surface area contributed by atoms with Crippen molar-refractivity contribution in [3.05, 3.63) is 53.7 Å². The summed E-state index contributed by atoms with van der Waals surface area (Å²) >= 11 is 1.55. The predicted molar refractivity (Wildman–Crippen MR) is 94.8 cm³/mol. The predicted octanol–water partition coefficient (Wildman–Crippen LogP) is 3.37. The van der Waals surface area contributed by atoms with Crippen LogP contribution in [0.15, 0.2) is 57.3 Å². The summed E-state index contributed by atoms with van der Waals surface area (Å²) in [4.78, 5) is 5.74. The van der Waals surface area contributed by atoms with Gasteiger partial charge in [0.15, 0.2) is 0 Å². The molecular weight excluding hydrogens is 358 g/mol. The molecule has 2 aromatic heterocycles. The fraction of sp³-hybridized carbons (Fsp3) is 0.294. The minimum Gasteiger partial charge on any atom is -0.339 e. The summed E-state index contributed by atoms with van der Waals surface area (Å²) in [6.07, 6.45) is 1.61. The van der Waals surface area contributed by atoms with Crippen LogP contribution in [0.25, 0.3) is 10.7 Å². The van der Waals surface area contributed by atoms with Crippen molar-refractivity contribution in [1.29, 1.82) is 0 Å². The average molecular weight is 375 g/mol. The van der Waals surface area contributed by atoms with Gasteiger partial charge >= 0.3 is 0 Å². The number of thiophene rings is 1. The molecule has 1 aromatic carbocycles. The zero-order valence-corrected chi connectivity index (χ0v) is 15.0. The number of piperidine rings is 1. The van der Waals surface area contributed by atoms with Crippen LogP contribution < -0.4 is 0 Å². The highest BCUT2D eigenvalue weighted by Gasteiger charge is 2.33. The van der Waals surface area contributed by atoms with E-state index in [0.717, 1.165) is 17.7 Å². The van der Waals surface area contributed by atoms with Gasteiger partial charge in [0.05, 0.1) is 15.7 Å². The zero-order chi connectivity index (χ0) is 17.3. The van der Waals surface area contributed by atoms with Crippen LogP contribution in [0.2, 0.25) is 0 Å². The second-order valence-electron chi connectivity index (χ2n) is 5.95. The highest BCUT2D eigenvalue weighted by Crippen LogP contribution is 2.31. The number of hydrogen-bond donors (Lipinski definition) is 0. The fourth-order valence-corrected chi connectivity index (χ4v) is 5.20. The van der Waals surface area contributed by atoms with Crippen molar-refractivity contribution in [3.63, 3.8) is 0 Å². The van der Waals surface area contributed by atoms with Gasteiger partial charge in [-0.2, -0.15) is 9.29 Å². The van der Waals surface area contributed by atoms with E-state index in [4.69, 9.17) is 4.52 Å². The molecule has 6 nitrogen and oxygen atoms in total. The lowest BCUT2D eigenvalue weighted by Crippen LogP contribution is -2.39. The third kappa shape index (κ3) is 3.24. The molecule has 3 heterocycles. The van der Waals surface area contributed by atoms with E-state index in [2.05, 4.69) is 10.1 Å². The monoisotopic (exact) mass is 375 g/mol. The Balaban J connectivity index is 1.55. The minimum absolute atomic E-state index is 0.0755. The third-order valence-corrected chi connectivity index (χ3v) is 7.04. The molecule has 0 N–H and O–H groups in total. The van der Waals surface area contributed by atoms with Crippen molar-refractivity contribution in [2.75, 3.05) is 13.1 Å². The van der Waals surface area contributed by atoms with Crippen LogP contribution in [0.5, 0.6) is 0 Å². The molecule has 1 saturated heterocycles. The molecule has 1 atom stereocenters. The van der Waals surface area contributed by atoms with Crippen LogP contribution in [0.4, 0.5) is 0 Å². The van der Waals surface area contributed by atoms with Gasteiger partial charge in [0.2, 0.25) is 21.7 Å². The smallest absolute Gasteiger partial charge is 0.243 e. The lowest BCUT2D eigenvalue weighted by molar-refractivity contribution is 0.265. The van der Waals surface area contributed by atoms with E-state index in [1.807, 2.05) is 23.6 Å². The van der Waals surface area contributed by atoms with Crippen LogP contribution in [-0.4, -0.2) is 36.0 Å². The van der Waals surface area contributed by atoms with Gasteiger partial charge in [0, 0.05) is 13.1 Å². The van der Waals surface area contributed by atoms with Crippen LogP contribution >= 0.6 is 11.3 Å². The van der Waals surface area contributed by atoms with E-state index in [1.54, 1.807) is 35.6 Å². The Morgan fingerprint density at radius 2 is 2.00 bits per heavy atom. The van der Waals surface area contributed by atoms with Crippen LogP contribution in [0.3, 0.4) is 0 Å². The fourth-order valence-electron chi connectivity index (χ4n) is 3.01. The molecule has 1 aliphatic rings. The maximum atomic E-state index is 12.8. The highest BCUT2D eigenvalue weighted by atomic mass is 32.2. The molecule has 0 amide bonds. The molecular formula is C17H17N3O3S2. The number of benzene rings is 1. The van der Waals surface area contributed by atoms with Crippen molar-refractivity contribution in [2.45, 2.75) is 23.7 Å². The Bertz CT molecular complexity index is 937. The number of aromatic nitrogens is 2. The third-order valence-electron chi connectivity index (χ3n) is 4.30. The summed E-state index contributed by atoms with van der Waals surface area (Å²) in [7, 11) is -3.49. The molecule has 1 aliphatic heterocycles. The van der Waals surface area contributed by atoms with Crippen LogP contribution in [-0.2, 0) is 10.0 Å². The van der Waals surface area contributed by atoms with Crippen LogP contribution in [0.1, 0.15) is 24.7 Å². The van der Waals surface area contributed by atoms with E-state index in [1.165, 1.54) is 4.31 Å². The number of rotatable bonds is 4. The van der Waals surface area contributed by atoms with Gasteiger partial charge < -0.3 is 4.52 Å². The standard InChI is InChI=1S/C17H17N3O3S2/c21-25(22,14-7-2-1-3-8-14)20-10-4-6-13(12-20)17-18-16(19-23-17)15-9-5-11-24-15/h1-3,5,7-9,11,13H,4,6,10,12H2. The van der Waals surface area contributed by atoms with Crippen molar-refractivity contribution >= 4 is 21.4 Å². The first kappa shape index (κ1) is 16.4. The summed E-state index contributed by atoms with van der Waals surface area (Å²) in [5, 5.41) is 5.99. The number of hydrogen-bond acceptors (Lipinski definition) is 6. The first-order valence-electron chi connectivity index (χ1n) is 8.07. The van der Waals surface area contributed by atoms with Crippen molar-refractivity contribution in [3.8, 4) is 10.7 Å². The summed E-state index contributed by atoms with van der Waals surface area (Å²) in [6.45, 7) is 0.878. The minimum atomic E-state index is -3.49. The van der Waals surface area contributed by atoms with Crippen molar-refractivity contribution in [1.82, 2.24) is 14.4 Å². The number of sulfonamides is 1. The number of nitrogens with zero attached hydrogens (tertiary/aromatic N) is 3. The summed E-state index contributed by atoms with van der Waals surface area (Å²) in [5.41, 5.74) is 0. The SMILES string of the molecule is O=S(=O)(c1ccccc1)N1CCCC(c2nc(-c3cccs3)no2)C1. The molecule has 0 bridgehead atoms. The van der Waals surface area contributed by atoms with Gasteiger partial charge in [-0.3, -0.25) is 0 Å². The molecule has 4 rings (SSSR count). The molecule has 0 radical (unpaired) electrons. The highest BCUT2D eigenvalue weighted by molar-refractivity contribution is 7.89. The molecule has 0 aliphatic carbocycles. The first-order chi connectivity index (χ1) is 12.1. The maximum Gasteiger partial charge on any atom is 0.243 e. The molecule has 0 saturated carbocycles.